The van der Waals surface area contributed by atoms with Crippen molar-refractivity contribution in [3.05, 3.63) is 17.8 Å². The van der Waals surface area contributed by atoms with Crippen molar-refractivity contribution in [2.75, 3.05) is 19.6 Å². The van der Waals surface area contributed by atoms with Crippen LogP contribution in [0.2, 0.25) is 0 Å². The number of oxazole rings is 1. The van der Waals surface area contributed by atoms with Crippen molar-refractivity contribution < 1.29 is 23.5 Å². The zero-order valence-corrected chi connectivity index (χ0v) is 22.6. The number of hydrogen-bond donors (Lipinski definition) is 1. The molecule has 0 aliphatic heterocycles. The van der Waals surface area contributed by atoms with Gasteiger partial charge in [-0.05, 0) is 73.6 Å². The average Bonchev–Trinajstić information content (AvgIpc) is 3.21. The zero-order valence-electron chi connectivity index (χ0n) is 22.6. The number of hydrogen-bond acceptors (Lipinski definition) is 7. The van der Waals surface area contributed by atoms with E-state index in [1.165, 1.54) is 6.42 Å². The zero-order chi connectivity index (χ0) is 26.1. The summed E-state index contributed by atoms with van der Waals surface area (Å²) in [6.45, 7) is 13.1. The predicted molar refractivity (Wildman–Crippen MR) is 135 cm³/mol. The molecule has 1 aliphatic rings. The molecule has 0 unspecified atom stereocenters. The second-order valence-electron chi connectivity index (χ2n) is 11.3. The smallest absolute Gasteiger partial charge is 0.410 e. The molecule has 1 saturated carbocycles. The molecule has 1 aliphatic carbocycles. The standard InChI is InChI=1S/C26H46N4O5/c1-25(2,3)34-23(31)29(15-10-12-20-19-33-22(18-27)28-20)16-11-17-30(21-13-8-7-9-14-21)24(32)35-26(4,5)6/h19,21H,7-18,27H2,1-6H3. The second-order valence-corrected chi connectivity index (χ2v) is 11.3. The molecule has 0 radical (unpaired) electrons. The first-order chi connectivity index (χ1) is 16.4. The molecule has 2 N–H and O–H groups in total. The van der Waals surface area contributed by atoms with Crippen LogP contribution in [0.1, 0.15) is 98.1 Å². The van der Waals surface area contributed by atoms with E-state index in [4.69, 9.17) is 19.6 Å². The highest BCUT2D eigenvalue weighted by Crippen LogP contribution is 2.25. The van der Waals surface area contributed by atoms with Crippen LogP contribution in [0.3, 0.4) is 0 Å². The van der Waals surface area contributed by atoms with Gasteiger partial charge in [0.25, 0.3) is 0 Å². The molecule has 200 valence electrons. The molecule has 35 heavy (non-hydrogen) atoms. The Morgan fingerprint density at radius 3 is 2.14 bits per heavy atom. The first-order valence-corrected chi connectivity index (χ1v) is 13.0. The van der Waals surface area contributed by atoms with Crippen LogP contribution in [0.4, 0.5) is 9.59 Å². The SMILES string of the molecule is CC(C)(C)OC(=O)N(CCCc1coc(CN)n1)CCCN(C(=O)OC(C)(C)C)C1CCCCC1. The maximum Gasteiger partial charge on any atom is 0.410 e. The number of ether oxygens (including phenoxy) is 2. The largest absolute Gasteiger partial charge is 0.447 e. The number of rotatable bonds is 10. The normalized spacial score (nSPS) is 15.1. The van der Waals surface area contributed by atoms with Gasteiger partial charge in [0.15, 0.2) is 0 Å². The summed E-state index contributed by atoms with van der Waals surface area (Å²) >= 11 is 0. The number of aryl methyl sites for hydroxylation is 1. The molecule has 2 rings (SSSR count). The van der Waals surface area contributed by atoms with Crippen molar-refractivity contribution in [2.45, 2.75) is 117 Å². The number of carbonyl (C=O) groups excluding carboxylic acids is 2. The monoisotopic (exact) mass is 494 g/mol. The highest BCUT2D eigenvalue weighted by Gasteiger charge is 2.30. The first kappa shape index (κ1) is 28.9. The lowest BCUT2D eigenvalue weighted by molar-refractivity contribution is 0.00999. The van der Waals surface area contributed by atoms with Crippen LogP contribution in [0.5, 0.6) is 0 Å². The van der Waals surface area contributed by atoms with Gasteiger partial charge < -0.3 is 29.4 Å². The second kappa shape index (κ2) is 13.1. The number of amides is 2. The Hall–Kier alpha value is -2.29. The Morgan fingerprint density at radius 2 is 1.57 bits per heavy atom. The van der Waals surface area contributed by atoms with E-state index in [0.717, 1.165) is 31.4 Å². The molecule has 0 atom stereocenters. The maximum absolute atomic E-state index is 13.0. The summed E-state index contributed by atoms with van der Waals surface area (Å²) in [5, 5.41) is 0. The van der Waals surface area contributed by atoms with Crippen molar-refractivity contribution in [3.63, 3.8) is 0 Å². The third kappa shape index (κ3) is 10.9. The summed E-state index contributed by atoms with van der Waals surface area (Å²) in [7, 11) is 0. The van der Waals surface area contributed by atoms with Crippen molar-refractivity contribution >= 4 is 12.2 Å². The summed E-state index contributed by atoms with van der Waals surface area (Å²) in [5.41, 5.74) is 5.26. The van der Waals surface area contributed by atoms with Gasteiger partial charge in [-0.15, -0.1) is 0 Å². The van der Waals surface area contributed by atoms with Crippen LogP contribution < -0.4 is 5.73 Å². The minimum atomic E-state index is -0.581. The van der Waals surface area contributed by atoms with E-state index in [-0.39, 0.29) is 24.8 Å². The van der Waals surface area contributed by atoms with E-state index in [1.54, 1.807) is 11.2 Å². The molecule has 9 nitrogen and oxygen atoms in total. The Balaban J connectivity index is 1.99. The van der Waals surface area contributed by atoms with Crippen molar-refractivity contribution in [2.24, 2.45) is 5.73 Å². The van der Waals surface area contributed by atoms with E-state index < -0.39 is 11.2 Å². The molecular weight excluding hydrogens is 448 g/mol. The average molecular weight is 495 g/mol. The molecule has 2 amide bonds. The van der Waals surface area contributed by atoms with E-state index in [2.05, 4.69) is 4.98 Å². The molecular formula is C26H46N4O5. The van der Waals surface area contributed by atoms with Crippen LogP contribution in [-0.4, -0.2) is 63.8 Å². The predicted octanol–water partition coefficient (Wildman–Crippen LogP) is 5.26. The molecule has 9 heteroatoms. The van der Waals surface area contributed by atoms with Gasteiger partial charge in [0.1, 0.15) is 17.5 Å². The molecule has 0 saturated heterocycles. The van der Waals surface area contributed by atoms with Gasteiger partial charge in [0.05, 0.1) is 12.2 Å². The number of nitrogens with zero attached hydrogens (tertiary/aromatic N) is 3. The van der Waals surface area contributed by atoms with E-state index in [9.17, 15) is 9.59 Å². The maximum atomic E-state index is 13.0. The van der Waals surface area contributed by atoms with Gasteiger partial charge in [-0.1, -0.05) is 19.3 Å². The van der Waals surface area contributed by atoms with Gasteiger partial charge in [-0.3, -0.25) is 0 Å². The third-order valence-corrected chi connectivity index (χ3v) is 5.76. The molecule has 1 aromatic rings. The van der Waals surface area contributed by atoms with Crippen molar-refractivity contribution in [1.29, 1.82) is 0 Å². The molecule has 0 aromatic carbocycles. The number of nitrogens with two attached hydrogens (primary N) is 1. The first-order valence-electron chi connectivity index (χ1n) is 13.0. The van der Waals surface area contributed by atoms with Crippen molar-refractivity contribution in [3.8, 4) is 0 Å². The summed E-state index contributed by atoms with van der Waals surface area (Å²) < 4.78 is 16.6. The minimum absolute atomic E-state index is 0.192. The van der Waals surface area contributed by atoms with Crippen LogP contribution in [-0.2, 0) is 22.4 Å². The highest BCUT2D eigenvalue weighted by atomic mass is 16.6. The lowest BCUT2D eigenvalue weighted by Crippen LogP contribution is -2.46. The fourth-order valence-corrected chi connectivity index (χ4v) is 4.20. The van der Waals surface area contributed by atoms with Gasteiger partial charge in [-0.2, -0.15) is 0 Å². The number of carbonyl (C=O) groups is 2. The summed E-state index contributed by atoms with van der Waals surface area (Å²) in [6, 6.07) is 0.192. The van der Waals surface area contributed by atoms with Gasteiger partial charge in [0, 0.05) is 25.7 Å². The number of aromatic nitrogens is 1. The van der Waals surface area contributed by atoms with Crippen molar-refractivity contribution in [1.82, 2.24) is 14.8 Å². The molecule has 0 spiro atoms. The molecule has 1 aromatic heterocycles. The fourth-order valence-electron chi connectivity index (χ4n) is 4.20. The summed E-state index contributed by atoms with van der Waals surface area (Å²) in [6.07, 6.45) is 8.50. The van der Waals surface area contributed by atoms with Gasteiger partial charge >= 0.3 is 12.2 Å². The van der Waals surface area contributed by atoms with E-state index in [0.29, 0.717) is 44.8 Å². The van der Waals surface area contributed by atoms with Crippen LogP contribution in [0.15, 0.2) is 10.7 Å². The fraction of sp³-hybridized carbons (Fsp3) is 0.808. The quantitative estimate of drug-likeness (QED) is 0.472. The topological polar surface area (TPSA) is 111 Å². The van der Waals surface area contributed by atoms with E-state index in [1.807, 2.05) is 46.4 Å². The summed E-state index contributed by atoms with van der Waals surface area (Å²) in [4.78, 5) is 33.8. The highest BCUT2D eigenvalue weighted by molar-refractivity contribution is 5.69. The van der Waals surface area contributed by atoms with Gasteiger partial charge in [0.2, 0.25) is 5.89 Å². The Labute approximate surface area is 210 Å². The Bertz CT molecular complexity index is 790. The minimum Gasteiger partial charge on any atom is -0.447 e. The van der Waals surface area contributed by atoms with Crippen LogP contribution in [0.25, 0.3) is 0 Å². The van der Waals surface area contributed by atoms with Crippen LogP contribution >= 0.6 is 0 Å². The van der Waals surface area contributed by atoms with Crippen LogP contribution in [0, 0.1) is 0 Å². The van der Waals surface area contributed by atoms with Gasteiger partial charge in [-0.25, -0.2) is 14.6 Å². The lowest BCUT2D eigenvalue weighted by Gasteiger charge is -2.36. The molecule has 0 bridgehead atoms. The van der Waals surface area contributed by atoms with E-state index >= 15 is 0 Å². The Morgan fingerprint density at radius 1 is 0.971 bits per heavy atom. The Kier molecular flexibility index (Phi) is 10.9. The summed E-state index contributed by atoms with van der Waals surface area (Å²) in [5.74, 6) is 0.508. The lowest BCUT2D eigenvalue weighted by atomic mass is 9.94. The molecule has 1 fully saturated rings. The molecule has 1 heterocycles. The third-order valence-electron chi connectivity index (χ3n) is 5.76.